The molecule has 1 aromatic heterocycles. The Morgan fingerprint density at radius 2 is 1.90 bits per heavy atom. The van der Waals surface area contributed by atoms with Crippen LogP contribution in [0.3, 0.4) is 0 Å². The molecule has 0 atom stereocenters. The normalized spacial score (nSPS) is 10.6. The van der Waals surface area contributed by atoms with E-state index in [4.69, 9.17) is 16.6 Å². The number of oxazole rings is 1. The van der Waals surface area contributed by atoms with Crippen LogP contribution in [0.2, 0.25) is 0 Å². The number of carbonyl (C=O) groups excluding carboxylic acids is 1. The Morgan fingerprint density at radius 3 is 2.68 bits per heavy atom. The Hall–Kier alpha value is -4.11. The molecule has 0 saturated carbocycles. The monoisotopic (exact) mass is 432 g/mol. The Balaban J connectivity index is 1.48. The lowest BCUT2D eigenvalue weighted by molar-refractivity contribution is -0.385. The third-order valence-corrected chi connectivity index (χ3v) is 4.76. The van der Waals surface area contributed by atoms with Crippen molar-refractivity contribution in [1.82, 2.24) is 10.3 Å². The van der Waals surface area contributed by atoms with Gasteiger partial charge >= 0.3 is 0 Å². The number of anilines is 1. The standard InChI is InChI=1S/C22H16N4O4S/c1-13-9-10-14(12-18(13)26(28)29)20(27)25-22(31)23-16-6-4-5-15(11-16)21-24-17-7-2-3-8-19(17)30-21/h2-12H,1H3,(H2,23,25,27,31). The van der Waals surface area contributed by atoms with E-state index in [0.29, 0.717) is 22.7 Å². The van der Waals surface area contributed by atoms with Crippen molar-refractivity contribution >= 4 is 45.7 Å². The Bertz CT molecular complexity index is 1300. The second-order valence-corrected chi connectivity index (χ2v) is 7.14. The summed E-state index contributed by atoms with van der Waals surface area (Å²) in [5, 5.41) is 16.6. The van der Waals surface area contributed by atoms with E-state index in [1.54, 1.807) is 25.1 Å². The van der Waals surface area contributed by atoms with Crippen molar-refractivity contribution < 1.29 is 14.1 Å². The van der Waals surface area contributed by atoms with Gasteiger partial charge in [0.2, 0.25) is 5.89 Å². The number of amides is 1. The van der Waals surface area contributed by atoms with E-state index in [1.807, 2.05) is 30.3 Å². The van der Waals surface area contributed by atoms with Crippen LogP contribution >= 0.6 is 12.2 Å². The first-order chi connectivity index (χ1) is 14.9. The van der Waals surface area contributed by atoms with Crippen LogP contribution < -0.4 is 10.6 Å². The van der Waals surface area contributed by atoms with E-state index in [2.05, 4.69) is 15.6 Å². The summed E-state index contributed by atoms with van der Waals surface area (Å²) in [6, 6.07) is 18.9. The van der Waals surface area contributed by atoms with Gasteiger partial charge in [-0.15, -0.1) is 0 Å². The van der Waals surface area contributed by atoms with Crippen LogP contribution in [0, 0.1) is 17.0 Å². The lowest BCUT2D eigenvalue weighted by Gasteiger charge is -2.10. The minimum Gasteiger partial charge on any atom is -0.436 e. The minimum absolute atomic E-state index is 0.0583. The maximum absolute atomic E-state index is 12.4. The molecule has 0 fully saturated rings. The molecular formula is C22H16N4O4S. The number of fused-ring (bicyclic) bond motifs is 1. The number of hydrogen-bond donors (Lipinski definition) is 2. The number of carbonyl (C=O) groups is 1. The molecule has 0 aliphatic heterocycles. The summed E-state index contributed by atoms with van der Waals surface area (Å²) < 4.78 is 5.78. The highest BCUT2D eigenvalue weighted by molar-refractivity contribution is 7.80. The first kappa shape index (κ1) is 20.2. The van der Waals surface area contributed by atoms with E-state index < -0.39 is 10.8 Å². The third kappa shape index (κ3) is 4.41. The molecular weight excluding hydrogens is 416 g/mol. The van der Waals surface area contributed by atoms with Crippen LogP contribution in [0.5, 0.6) is 0 Å². The number of aromatic nitrogens is 1. The fourth-order valence-electron chi connectivity index (χ4n) is 3.01. The number of benzene rings is 3. The maximum atomic E-state index is 12.4. The molecule has 154 valence electrons. The quantitative estimate of drug-likeness (QED) is 0.270. The SMILES string of the molecule is Cc1ccc(C(=O)NC(=S)Nc2cccc(-c3nc4ccccc4o3)c2)cc1[N+](=O)[O-]. The number of nitro benzene ring substituents is 1. The average Bonchev–Trinajstić information content (AvgIpc) is 3.18. The van der Waals surface area contributed by atoms with Crippen molar-refractivity contribution in [2.75, 3.05) is 5.32 Å². The lowest BCUT2D eigenvalue weighted by atomic mass is 10.1. The molecule has 0 bridgehead atoms. The van der Waals surface area contributed by atoms with Crippen molar-refractivity contribution in [1.29, 1.82) is 0 Å². The van der Waals surface area contributed by atoms with Crippen LogP contribution in [0.15, 0.2) is 71.1 Å². The zero-order valence-corrected chi connectivity index (χ0v) is 17.1. The molecule has 0 spiro atoms. The number of nitrogens with zero attached hydrogens (tertiary/aromatic N) is 2. The predicted molar refractivity (Wildman–Crippen MR) is 121 cm³/mol. The predicted octanol–water partition coefficient (Wildman–Crippen LogP) is 4.84. The summed E-state index contributed by atoms with van der Waals surface area (Å²) in [5.74, 6) is -0.0810. The fraction of sp³-hybridized carbons (Fsp3) is 0.0455. The first-order valence-corrected chi connectivity index (χ1v) is 9.65. The Morgan fingerprint density at radius 1 is 1.10 bits per heavy atom. The summed E-state index contributed by atoms with van der Waals surface area (Å²) in [7, 11) is 0. The Kier molecular flexibility index (Phi) is 5.42. The summed E-state index contributed by atoms with van der Waals surface area (Å²) in [5.41, 5.74) is 3.29. The van der Waals surface area contributed by atoms with Crippen molar-refractivity contribution in [2.45, 2.75) is 6.92 Å². The number of aryl methyl sites for hydroxylation is 1. The van der Waals surface area contributed by atoms with Gasteiger partial charge in [-0.1, -0.05) is 24.3 Å². The maximum Gasteiger partial charge on any atom is 0.273 e. The van der Waals surface area contributed by atoms with Gasteiger partial charge in [-0.25, -0.2) is 4.98 Å². The average molecular weight is 432 g/mol. The van der Waals surface area contributed by atoms with Gasteiger partial charge in [0.1, 0.15) is 5.52 Å². The summed E-state index contributed by atoms with van der Waals surface area (Å²) >= 11 is 5.22. The second-order valence-electron chi connectivity index (χ2n) is 6.73. The summed E-state index contributed by atoms with van der Waals surface area (Å²) in [6.45, 7) is 1.61. The van der Waals surface area contributed by atoms with E-state index in [-0.39, 0.29) is 16.4 Å². The zero-order valence-electron chi connectivity index (χ0n) is 16.3. The zero-order chi connectivity index (χ0) is 22.0. The highest BCUT2D eigenvalue weighted by Gasteiger charge is 2.16. The molecule has 1 amide bonds. The number of thiocarbonyl (C=S) groups is 1. The molecule has 31 heavy (non-hydrogen) atoms. The molecule has 8 nitrogen and oxygen atoms in total. The number of rotatable bonds is 4. The smallest absolute Gasteiger partial charge is 0.273 e. The highest BCUT2D eigenvalue weighted by Crippen LogP contribution is 2.26. The molecule has 0 radical (unpaired) electrons. The van der Waals surface area contributed by atoms with Crippen molar-refractivity contribution in [3.8, 4) is 11.5 Å². The van der Waals surface area contributed by atoms with Gasteiger partial charge in [0.25, 0.3) is 11.6 Å². The van der Waals surface area contributed by atoms with Gasteiger partial charge in [-0.2, -0.15) is 0 Å². The van der Waals surface area contributed by atoms with Gasteiger partial charge in [0.15, 0.2) is 10.7 Å². The molecule has 2 N–H and O–H groups in total. The first-order valence-electron chi connectivity index (χ1n) is 9.24. The van der Waals surface area contributed by atoms with Crippen LogP contribution in [0.25, 0.3) is 22.6 Å². The van der Waals surface area contributed by atoms with E-state index >= 15 is 0 Å². The van der Waals surface area contributed by atoms with Crippen LogP contribution in [0.4, 0.5) is 11.4 Å². The van der Waals surface area contributed by atoms with E-state index in [1.165, 1.54) is 18.2 Å². The van der Waals surface area contributed by atoms with E-state index in [9.17, 15) is 14.9 Å². The van der Waals surface area contributed by atoms with Crippen LogP contribution in [0.1, 0.15) is 15.9 Å². The third-order valence-electron chi connectivity index (χ3n) is 4.56. The number of nitrogens with one attached hydrogen (secondary N) is 2. The molecule has 0 saturated heterocycles. The van der Waals surface area contributed by atoms with Crippen molar-refractivity contribution in [3.05, 3.63) is 88.0 Å². The van der Waals surface area contributed by atoms with Crippen LogP contribution in [-0.2, 0) is 0 Å². The molecule has 1 heterocycles. The number of para-hydroxylation sites is 2. The number of nitro groups is 1. The second kappa shape index (κ2) is 8.33. The van der Waals surface area contributed by atoms with Crippen LogP contribution in [-0.4, -0.2) is 20.9 Å². The topological polar surface area (TPSA) is 110 Å². The molecule has 4 rings (SSSR count). The molecule has 4 aromatic rings. The summed E-state index contributed by atoms with van der Waals surface area (Å²) in [4.78, 5) is 27.5. The van der Waals surface area contributed by atoms with Gasteiger partial charge in [-0.3, -0.25) is 20.2 Å². The van der Waals surface area contributed by atoms with Gasteiger partial charge < -0.3 is 9.73 Å². The fourth-order valence-corrected chi connectivity index (χ4v) is 3.22. The van der Waals surface area contributed by atoms with Gasteiger partial charge in [0.05, 0.1) is 4.92 Å². The van der Waals surface area contributed by atoms with Crippen molar-refractivity contribution in [3.63, 3.8) is 0 Å². The lowest BCUT2D eigenvalue weighted by Crippen LogP contribution is -2.34. The summed E-state index contributed by atoms with van der Waals surface area (Å²) in [6.07, 6.45) is 0. The molecule has 0 aliphatic rings. The van der Waals surface area contributed by atoms with Gasteiger partial charge in [-0.05, 0) is 55.5 Å². The highest BCUT2D eigenvalue weighted by atomic mass is 32.1. The molecule has 0 aliphatic carbocycles. The number of hydrogen-bond acceptors (Lipinski definition) is 6. The molecule has 9 heteroatoms. The molecule has 3 aromatic carbocycles. The van der Waals surface area contributed by atoms with Crippen molar-refractivity contribution in [2.24, 2.45) is 0 Å². The Labute approximate surface area is 182 Å². The molecule has 0 unspecified atom stereocenters. The minimum atomic E-state index is -0.546. The van der Waals surface area contributed by atoms with Gasteiger partial charge in [0, 0.05) is 28.4 Å². The largest absolute Gasteiger partial charge is 0.436 e. The van der Waals surface area contributed by atoms with E-state index in [0.717, 1.165) is 11.1 Å².